The minimum Gasteiger partial charge on any atom is -0.305 e. The summed E-state index contributed by atoms with van der Waals surface area (Å²) in [5, 5.41) is 0. The molecule has 5 rings (SSSR count). The number of rotatable bonds is 6. The molecule has 2 atom stereocenters. The Hall–Kier alpha value is -3.25. The fourth-order valence-electron chi connectivity index (χ4n) is 5.12. The third-order valence-corrected chi connectivity index (χ3v) is 6.67. The average molecular weight is 443 g/mol. The Morgan fingerprint density at radius 2 is 1.94 bits per heavy atom. The predicted molar refractivity (Wildman–Crippen MR) is 126 cm³/mol. The molecule has 0 aliphatic carbocycles. The zero-order valence-electron chi connectivity index (χ0n) is 19.0. The zero-order chi connectivity index (χ0) is 22.9. The number of aryl methyl sites for hydroxylation is 1. The lowest BCUT2D eigenvalue weighted by atomic mass is 9.85. The number of hydrogen-bond acceptors (Lipinski definition) is 5. The fourth-order valence-corrected chi connectivity index (χ4v) is 5.12. The molecule has 4 heterocycles. The largest absolute Gasteiger partial charge is 0.305 e. The number of likely N-dealkylation sites (N-methyl/N-ethyl adjacent to an activating group) is 1. The van der Waals surface area contributed by atoms with Crippen LogP contribution in [0.25, 0.3) is 0 Å². The van der Waals surface area contributed by atoms with Gasteiger partial charge in [-0.25, -0.2) is 4.39 Å². The molecule has 2 aliphatic rings. The van der Waals surface area contributed by atoms with Gasteiger partial charge in [0, 0.05) is 66.8 Å². The number of nitrogens with zero attached hydrogens (tertiary/aromatic N) is 4. The Kier molecular flexibility index (Phi) is 5.85. The molecule has 1 aromatic carbocycles. The molecule has 33 heavy (non-hydrogen) atoms. The summed E-state index contributed by atoms with van der Waals surface area (Å²) >= 11 is 0. The summed E-state index contributed by atoms with van der Waals surface area (Å²) in [5.74, 6) is 0.435. The number of Topliss-reactive ketones (excluding diaryl/α,β-unsaturated/α-hetero) is 1. The maximum Gasteiger partial charge on any atom is 0.139 e. The molecule has 0 N–H and O–H groups in total. The van der Waals surface area contributed by atoms with E-state index in [9.17, 15) is 9.18 Å². The highest BCUT2D eigenvalue weighted by Crippen LogP contribution is 2.34. The lowest BCUT2D eigenvalue weighted by molar-refractivity contribution is -0.119. The van der Waals surface area contributed by atoms with Crippen LogP contribution in [0.15, 0.2) is 59.9 Å². The topological polar surface area (TPSA) is 58.5 Å². The van der Waals surface area contributed by atoms with E-state index in [4.69, 9.17) is 4.99 Å². The van der Waals surface area contributed by atoms with Gasteiger partial charge < -0.3 is 4.90 Å². The molecule has 6 heteroatoms. The Balaban J connectivity index is 1.26. The summed E-state index contributed by atoms with van der Waals surface area (Å²) in [7, 11) is 2.07. The van der Waals surface area contributed by atoms with Gasteiger partial charge in [0.2, 0.25) is 0 Å². The molecule has 1 saturated heterocycles. The van der Waals surface area contributed by atoms with Crippen LogP contribution in [0.5, 0.6) is 0 Å². The summed E-state index contributed by atoms with van der Waals surface area (Å²) in [6.07, 6.45) is 4.48. The number of pyridine rings is 2. The Morgan fingerprint density at radius 1 is 1.12 bits per heavy atom. The molecule has 0 saturated carbocycles. The number of likely N-dealkylation sites (tertiary alicyclic amines) is 1. The van der Waals surface area contributed by atoms with Crippen LogP contribution in [0.1, 0.15) is 46.0 Å². The molecule has 2 aromatic heterocycles. The van der Waals surface area contributed by atoms with Gasteiger partial charge in [0.25, 0.3) is 0 Å². The Labute approximate surface area is 193 Å². The van der Waals surface area contributed by atoms with Crippen molar-refractivity contribution in [1.29, 1.82) is 0 Å². The normalized spacial score (nSPS) is 20.0. The smallest absolute Gasteiger partial charge is 0.139 e. The number of carbonyl (C=O) groups is 1. The molecular weight excluding hydrogens is 415 g/mol. The minimum atomic E-state index is -0.230. The monoisotopic (exact) mass is 442 g/mol. The first-order chi connectivity index (χ1) is 16.0. The second kappa shape index (κ2) is 8.94. The number of aromatic nitrogens is 2. The number of aliphatic imine (C=N–C) groups is 1. The summed E-state index contributed by atoms with van der Waals surface area (Å²) in [6, 6.07) is 12.7. The van der Waals surface area contributed by atoms with Crippen LogP contribution in [0.2, 0.25) is 0 Å². The van der Waals surface area contributed by atoms with E-state index < -0.39 is 0 Å². The van der Waals surface area contributed by atoms with E-state index in [2.05, 4.69) is 21.9 Å². The van der Waals surface area contributed by atoms with Crippen molar-refractivity contribution in [2.75, 3.05) is 20.1 Å². The third kappa shape index (κ3) is 4.62. The SMILES string of the molecule is Cc1cc(C2=NCc3cc(CC(=O)C[C@H]4CN(C)C[C@@H]4c4ccc(F)cc4)ncc32)ccn1. The number of carbonyl (C=O) groups excluding carboxylic acids is 1. The van der Waals surface area contributed by atoms with Crippen molar-refractivity contribution in [2.45, 2.75) is 32.2 Å². The van der Waals surface area contributed by atoms with Gasteiger partial charge in [-0.05, 0) is 61.3 Å². The lowest BCUT2D eigenvalue weighted by Crippen LogP contribution is -2.18. The first-order valence-electron chi connectivity index (χ1n) is 11.4. The van der Waals surface area contributed by atoms with Crippen molar-refractivity contribution in [3.8, 4) is 0 Å². The molecule has 0 bridgehead atoms. The van der Waals surface area contributed by atoms with Gasteiger partial charge in [-0.3, -0.25) is 19.8 Å². The maximum absolute atomic E-state index is 13.4. The van der Waals surface area contributed by atoms with Crippen molar-refractivity contribution >= 4 is 11.5 Å². The van der Waals surface area contributed by atoms with Crippen LogP contribution >= 0.6 is 0 Å². The molecular formula is C27H27FN4O. The Bertz CT molecular complexity index is 1220. The molecule has 3 aromatic rings. The second-order valence-electron chi connectivity index (χ2n) is 9.24. The second-order valence-corrected chi connectivity index (χ2v) is 9.24. The standard InChI is InChI=1S/C27H27FN4O/c1-17-9-19(7-8-29-17)27-25-14-30-23(10-20(25)13-31-27)12-24(33)11-21-15-32(2)16-26(21)18-3-5-22(28)6-4-18/h3-10,14,21,26H,11-13,15-16H2,1-2H3/t21-,26+/m0/s1. The summed E-state index contributed by atoms with van der Waals surface area (Å²) in [5.41, 5.74) is 6.99. The molecule has 1 fully saturated rings. The molecule has 2 aliphatic heterocycles. The highest BCUT2D eigenvalue weighted by Gasteiger charge is 2.33. The van der Waals surface area contributed by atoms with Gasteiger partial charge in [0.15, 0.2) is 0 Å². The quantitative estimate of drug-likeness (QED) is 0.576. The van der Waals surface area contributed by atoms with E-state index in [1.807, 2.05) is 43.5 Å². The van der Waals surface area contributed by atoms with Crippen molar-refractivity contribution in [3.63, 3.8) is 0 Å². The van der Waals surface area contributed by atoms with Crippen LogP contribution in [-0.4, -0.2) is 46.5 Å². The molecule has 5 nitrogen and oxygen atoms in total. The minimum absolute atomic E-state index is 0.193. The number of fused-ring (bicyclic) bond motifs is 1. The predicted octanol–water partition coefficient (Wildman–Crippen LogP) is 4.12. The van der Waals surface area contributed by atoms with Crippen LogP contribution < -0.4 is 0 Å². The van der Waals surface area contributed by atoms with Crippen molar-refractivity contribution in [3.05, 3.63) is 94.3 Å². The first kappa shape index (κ1) is 21.6. The lowest BCUT2D eigenvalue weighted by Gasteiger charge is -2.18. The Morgan fingerprint density at radius 3 is 2.73 bits per heavy atom. The average Bonchev–Trinajstić information content (AvgIpc) is 3.37. The van der Waals surface area contributed by atoms with Crippen molar-refractivity contribution in [2.24, 2.45) is 10.9 Å². The third-order valence-electron chi connectivity index (χ3n) is 6.67. The van der Waals surface area contributed by atoms with Gasteiger partial charge in [-0.2, -0.15) is 0 Å². The zero-order valence-corrected chi connectivity index (χ0v) is 19.0. The highest BCUT2D eigenvalue weighted by molar-refractivity contribution is 6.15. The van der Waals surface area contributed by atoms with Crippen molar-refractivity contribution in [1.82, 2.24) is 14.9 Å². The van der Waals surface area contributed by atoms with E-state index in [-0.39, 0.29) is 23.4 Å². The summed E-state index contributed by atoms with van der Waals surface area (Å²) in [6.45, 7) is 4.33. The van der Waals surface area contributed by atoms with Crippen LogP contribution in [0, 0.1) is 18.7 Å². The van der Waals surface area contributed by atoms with Gasteiger partial charge >= 0.3 is 0 Å². The van der Waals surface area contributed by atoms with E-state index in [1.165, 1.54) is 12.1 Å². The van der Waals surface area contributed by atoms with E-state index in [0.717, 1.165) is 52.4 Å². The van der Waals surface area contributed by atoms with E-state index >= 15 is 0 Å². The van der Waals surface area contributed by atoms with Crippen LogP contribution in [0.4, 0.5) is 4.39 Å². The molecule has 0 radical (unpaired) electrons. The number of benzene rings is 1. The van der Waals surface area contributed by atoms with Gasteiger partial charge in [-0.15, -0.1) is 0 Å². The van der Waals surface area contributed by atoms with Crippen LogP contribution in [0.3, 0.4) is 0 Å². The first-order valence-corrected chi connectivity index (χ1v) is 11.4. The van der Waals surface area contributed by atoms with E-state index in [1.54, 1.807) is 6.20 Å². The fraction of sp³-hybridized carbons (Fsp3) is 0.333. The van der Waals surface area contributed by atoms with Gasteiger partial charge in [-0.1, -0.05) is 12.1 Å². The number of halogens is 1. The number of ketones is 1. The van der Waals surface area contributed by atoms with Crippen LogP contribution in [-0.2, 0) is 17.8 Å². The summed E-state index contributed by atoms with van der Waals surface area (Å²) in [4.78, 5) is 28.8. The molecule has 0 spiro atoms. The molecule has 0 amide bonds. The number of hydrogen-bond donors (Lipinski definition) is 0. The highest BCUT2D eigenvalue weighted by atomic mass is 19.1. The molecule has 0 unspecified atom stereocenters. The van der Waals surface area contributed by atoms with Gasteiger partial charge in [0.1, 0.15) is 11.6 Å². The van der Waals surface area contributed by atoms with Crippen molar-refractivity contribution < 1.29 is 9.18 Å². The summed E-state index contributed by atoms with van der Waals surface area (Å²) < 4.78 is 13.4. The maximum atomic E-state index is 13.4. The van der Waals surface area contributed by atoms with E-state index in [0.29, 0.717) is 19.4 Å². The molecule has 168 valence electrons. The van der Waals surface area contributed by atoms with Gasteiger partial charge in [0.05, 0.1) is 12.3 Å².